The molecule has 1 N–H and O–H groups in total. The summed E-state index contributed by atoms with van der Waals surface area (Å²) in [5, 5.41) is 6.73. The monoisotopic (exact) mass is 268 g/mol. The smallest absolute Gasteiger partial charge is 0.240 e. The van der Waals surface area contributed by atoms with Gasteiger partial charge in [-0.2, -0.15) is 4.98 Å². The van der Waals surface area contributed by atoms with Gasteiger partial charge in [0, 0.05) is 13.0 Å². The molecule has 1 heterocycles. The third kappa shape index (κ3) is 5.83. The fourth-order valence-corrected chi connectivity index (χ4v) is 1.73. The third-order valence-corrected chi connectivity index (χ3v) is 2.65. The van der Waals surface area contributed by atoms with E-state index in [9.17, 15) is 4.79 Å². The molecule has 0 aromatic carbocycles. The number of likely N-dealkylation sites (N-methyl/N-ethyl adjacent to an activating group) is 2. The van der Waals surface area contributed by atoms with E-state index < -0.39 is 0 Å². The van der Waals surface area contributed by atoms with Crippen molar-refractivity contribution >= 4 is 5.91 Å². The summed E-state index contributed by atoms with van der Waals surface area (Å²) in [7, 11) is 0. The van der Waals surface area contributed by atoms with Crippen molar-refractivity contribution < 1.29 is 9.32 Å². The van der Waals surface area contributed by atoms with E-state index in [1.807, 2.05) is 18.7 Å². The summed E-state index contributed by atoms with van der Waals surface area (Å²) in [4.78, 5) is 17.8. The van der Waals surface area contributed by atoms with Gasteiger partial charge in [-0.1, -0.05) is 25.9 Å². The molecule has 0 atom stereocenters. The summed E-state index contributed by atoms with van der Waals surface area (Å²) in [5.74, 6) is 1.83. The molecule has 19 heavy (non-hydrogen) atoms. The van der Waals surface area contributed by atoms with E-state index >= 15 is 0 Å². The second-order valence-electron chi connectivity index (χ2n) is 4.96. The Labute approximate surface area is 114 Å². The van der Waals surface area contributed by atoms with Gasteiger partial charge in [-0.15, -0.1) is 0 Å². The lowest BCUT2D eigenvalue weighted by Gasteiger charge is -2.17. The molecule has 0 saturated heterocycles. The first-order valence-electron chi connectivity index (χ1n) is 6.85. The number of nitrogens with one attached hydrogen (secondary N) is 1. The zero-order chi connectivity index (χ0) is 14.3. The van der Waals surface area contributed by atoms with Gasteiger partial charge in [0.2, 0.25) is 11.8 Å². The van der Waals surface area contributed by atoms with Crippen LogP contribution in [-0.2, 0) is 17.8 Å². The highest BCUT2D eigenvalue weighted by Gasteiger charge is 2.14. The van der Waals surface area contributed by atoms with Crippen LogP contribution in [0.3, 0.4) is 0 Å². The Morgan fingerprint density at radius 3 is 2.74 bits per heavy atom. The van der Waals surface area contributed by atoms with Gasteiger partial charge in [0.05, 0.1) is 13.1 Å². The highest BCUT2D eigenvalue weighted by atomic mass is 16.5. The predicted octanol–water partition coefficient (Wildman–Crippen LogP) is 1.23. The van der Waals surface area contributed by atoms with Gasteiger partial charge in [0.15, 0.2) is 5.82 Å². The minimum absolute atomic E-state index is 0.0197. The molecule has 0 radical (unpaired) electrons. The van der Waals surface area contributed by atoms with Crippen molar-refractivity contribution in [2.24, 2.45) is 5.92 Å². The van der Waals surface area contributed by atoms with Gasteiger partial charge < -0.3 is 9.84 Å². The molecule has 1 aromatic heterocycles. The van der Waals surface area contributed by atoms with Gasteiger partial charge in [0.1, 0.15) is 0 Å². The topological polar surface area (TPSA) is 71.3 Å². The van der Waals surface area contributed by atoms with Gasteiger partial charge in [0.25, 0.3) is 0 Å². The van der Waals surface area contributed by atoms with Crippen LogP contribution in [0.15, 0.2) is 4.52 Å². The van der Waals surface area contributed by atoms with E-state index in [1.54, 1.807) is 0 Å². The molecule has 0 spiro atoms. The molecule has 1 aromatic rings. The van der Waals surface area contributed by atoms with Crippen LogP contribution in [0.1, 0.15) is 39.4 Å². The van der Waals surface area contributed by atoms with Crippen LogP contribution in [0.4, 0.5) is 0 Å². The fraction of sp³-hybridized carbons (Fsp3) is 0.769. The highest BCUT2D eigenvalue weighted by Crippen LogP contribution is 2.06. The predicted molar refractivity (Wildman–Crippen MR) is 72.5 cm³/mol. The molecular formula is C13H24N4O2. The van der Waals surface area contributed by atoms with Gasteiger partial charge in [-0.3, -0.25) is 9.69 Å². The molecule has 0 unspecified atom stereocenters. The molecule has 0 bridgehead atoms. The molecule has 6 heteroatoms. The molecule has 1 rings (SSSR count). The Balaban J connectivity index is 2.51. The number of amides is 1. The molecule has 0 saturated carbocycles. The molecular weight excluding hydrogens is 244 g/mol. The van der Waals surface area contributed by atoms with Crippen molar-refractivity contribution in [3.63, 3.8) is 0 Å². The lowest BCUT2D eigenvalue weighted by Crippen LogP contribution is -2.36. The van der Waals surface area contributed by atoms with E-state index in [2.05, 4.69) is 29.3 Å². The first-order valence-corrected chi connectivity index (χ1v) is 6.85. The van der Waals surface area contributed by atoms with Crippen LogP contribution >= 0.6 is 0 Å². The summed E-state index contributed by atoms with van der Waals surface area (Å²) < 4.78 is 5.20. The maximum absolute atomic E-state index is 11.5. The molecule has 0 aliphatic heterocycles. The summed E-state index contributed by atoms with van der Waals surface area (Å²) in [6.45, 7) is 10.4. The van der Waals surface area contributed by atoms with Crippen molar-refractivity contribution in [3.05, 3.63) is 11.7 Å². The van der Waals surface area contributed by atoms with E-state index in [4.69, 9.17) is 4.52 Å². The first kappa shape index (κ1) is 15.6. The van der Waals surface area contributed by atoms with Gasteiger partial charge >= 0.3 is 0 Å². The lowest BCUT2D eigenvalue weighted by atomic mass is 10.1. The molecule has 108 valence electrons. The van der Waals surface area contributed by atoms with Crippen molar-refractivity contribution in [1.82, 2.24) is 20.4 Å². The van der Waals surface area contributed by atoms with Crippen LogP contribution in [0.25, 0.3) is 0 Å². The molecule has 0 fully saturated rings. The van der Waals surface area contributed by atoms with E-state index in [-0.39, 0.29) is 5.91 Å². The highest BCUT2D eigenvalue weighted by molar-refractivity contribution is 5.77. The Morgan fingerprint density at radius 1 is 1.42 bits per heavy atom. The van der Waals surface area contributed by atoms with E-state index in [1.165, 1.54) is 0 Å². The molecule has 0 aliphatic carbocycles. The average Bonchev–Trinajstić information content (AvgIpc) is 2.75. The Morgan fingerprint density at radius 2 is 2.16 bits per heavy atom. The maximum atomic E-state index is 11.5. The minimum atomic E-state index is 0.0197. The van der Waals surface area contributed by atoms with Crippen LogP contribution < -0.4 is 5.32 Å². The standard InChI is InChI=1S/C13H24N4O2/c1-5-14-12(18)8-17(6-2)9-13-15-11(16-19-13)7-10(3)4/h10H,5-9H2,1-4H3,(H,14,18). The molecule has 6 nitrogen and oxygen atoms in total. The largest absolute Gasteiger partial charge is 0.355 e. The first-order chi connectivity index (χ1) is 9.05. The second kappa shape index (κ2) is 7.89. The zero-order valence-corrected chi connectivity index (χ0v) is 12.3. The molecule has 1 amide bonds. The summed E-state index contributed by atoms with van der Waals surface area (Å²) in [6.07, 6.45) is 0.811. The quantitative estimate of drug-likeness (QED) is 0.767. The van der Waals surface area contributed by atoms with Crippen LogP contribution in [0.2, 0.25) is 0 Å². The van der Waals surface area contributed by atoms with E-state index in [0.717, 1.165) is 18.8 Å². The zero-order valence-electron chi connectivity index (χ0n) is 12.3. The fourth-order valence-electron chi connectivity index (χ4n) is 1.73. The van der Waals surface area contributed by atoms with Crippen LogP contribution in [0, 0.1) is 5.92 Å². The SMILES string of the molecule is CCNC(=O)CN(CC)Cc1nc(CC(C)C)no1. The third-order valence-electron chi connectivity index (χ3n) is 2.65. The number of carbonyl (C=O) groups excluding carboxylic acids is 1. The maximum Gasteiger partial charge on any atom is 0.240 e. The summed E-state index contributed by atoms with van der Waals surface area (Å²) in [5.41, 5.74) is 0. The number of carbonyl (C=O) groups is 1. The van der Waals surface area contributed by atoms with Gasteiger partial charge in [-0.05, 0) is 19.4 Å². The van der Waals surface area contributed by atoms with Crippen LogP contribution in [0.5, 0.6) is 0 Å². The number of rotatable bonds is 8. The minimum Gasteiger partial charge on any atom is -0.355 e. The number of aromatic nitrogens is 2. The average molecular weight is 268 g/mol. The Hall–Kier alpha value is -1.43. The second-order valence-corrected chi connectivity index (χ2v) is 4.96. The normalized spacial score (nSPS) is 11.3. The van der Waals surface area contributed by atoms with E-state index in [0.29, 0.717) is 31.4 Å². The number of nitrogens with zero attached hydrogens (tertiary/aromatic N) is 3. The van der Waals surface area contributed by atoms with Crippen molar-refractivity contribution in [2.45, 2.75) is 40.7 Å². The molecule has 0 aliphatic rings. The van der Waals surface area contributed by atoms with Crippen molar-refractivity contribution in [2.75, 3.05) is 19.6 Å². The van der Waals surface area contributed by atoms with Gasteiger partial charge in [-0.25, -0.2) is 0 Å². The van der Waals surface area contributed by atoms with Crippen molar-refractivity contribution in [3.8, 4) is 0 Å². The number of hydrogen-bond acceptors (Lipinski definition) is 5. The summed E-state index contributed by atoms with van der Waals surface area (Å²) in [6, 6.07) is 0. The van der Waals surface area contributed by atoms with Crippen molar-refractivity contribution in [1.29, 1.82) is 0 Å². The Bertz CT molecular complexity index is 390. The lowest BCUT2D eigenvalue weighted by molar-refractivity contribution is -0.122. The van der Waals surface area contributed by atoms with Crippen LogP contribution in [-0.4, -0.2) is 40.6 Å². The number of hydrogen-bond donors (Lipinski definition) is 1. The summed E-state index contributed by atoms with van der Waals surface area (Å²) >= 11 is 0. The Kier molecular flexibility index (Phi) is 6.49.